The topological polar surface area (TPSA) is 64.6 Å². The molecule has 0 unspecified atom stereocenters. The minimum absolute atomic E-state index is 0. The Labute approximate surface area is 192 Å². The Bertz CT molecular complexity index is 610. The van der Waals surface area contributed by atoms with Gasteiger partial charge in [-0.05, 0) is 38.3 Å². The molecule has 1 aromatic rings. The Morgan fingerprint density at radius 2 is 2.00 bits per heavy atom. The normalized spacial score (nSPS) is 14.8. The Hall–Kier alpha value is -1.26. The van der Waals surface area contributed by atoms with Crippen molar-refractivity contribution in [1.29, 1.82) is 0 Å². The second-order valence-corrected chi connectivity index (χ2v) is 6.81. The number of aliphatic imine (C=N–C) groups is 1. The molecular formula is C21H36IN3O4. The first-order chi connectivity index (χ1) is 13.7. The SMILES string of the molecule is CCNC(=NCCCOC1CCOCC1)N(C)Cc1ccc(OC)cc1OC.I. The summed E-state index contributed by atoms with van der Waals surface area (Å²) < 4.78 is 22.1. The molecule has 0 radical (unpaired) electrons. The highest BCUT2D eigenvalue weighted by Crippen LogP contribution is 2.25. The molecule has 1 fully saturated rings. The quantitative estimate of drug-likeness (QED) is 0.221. The van der Waals surface area contributed by atoms with Crippen LogP contribution >= 0.6 is 24.0 Å². The van der Waals surface area contributed by atoms with Crippen molar-refractivity contribution in [3.8, 4) is 11.5 Å². The third kappa shape index (κ3) is 8.96. The summed E-state index contributed by atoms with van der Waals surface area (Å²) in [5, 5.41) is 3.36. The molecule has 1 aliphatic rings. The number of guanidine groups is 1. The number of nitrogens with one attached hydrogen (secondary N) is 1. The second kappa shape index (κ2) is 14.7. The molecule has 0 saturated carbocycles. The summed E-state index contributed by atoms with van der Waals surface area (Å²) in [6.07, 6.45) is 3.25. The minimum atomic E-state index is 0. The summed E-state index contributed by atoms with van der Waals surface area (Å²) in [5.74, 6) is 2.48. The molecule has 7 nitrogen and oxygen atoms in total. The van der Waals surface area contributed by atoms with Gasteiger partial charge in [0.1, 0.15) is 11.5 Å². The van der Waals surface area contributed by atoms with Gasteiger partial charge in [0, 0.05) is 58.1 Å². The number of hydrogen-bond donors (Lipinski definition) is 1. The molecule has 1 heterocycles. The Balaban J connectivity index is 0.00000420. The van der Waals surface area contributed by atoms with E-state index in [4.69, 9.17) is 23.9 Å². The third-order valence-corrected chi connectivity index (χ3v) is 4.68. The maximum absolute atomic E-state index is 5.92. The number of hydrogen-bond acceptors (Lipinski definition) is 5. The van der Waals surface area contributed by atoms with Gasteiger partial charge in [0.2, 0.25) is 0 Å². The lowest BCUT2D eigenvalue weighted by Crippen LogP contribution is -2.38. The first-order valence-electron chi connectivity index (χ1n) is 10.1. The van der Waals surface area contributed by atoms with Gasteiger partial charge in [-0.1, -0.05) is 0 Å². The van der Waals surface area contributed by atoms with Gasteiger partial charge in [0.25, 0.3) is 0 Å². The van der Waals surface area contributed by atoms with E-state index in [1.165, 1.54) is 0 Å². The summed E-state index contributed by atoms with van der Waals surface area (Å²) in [6.45, 7) is 6.68. The molecular weight excluding hydrogens is 485 g/mol. The molecule has 0 amide bonds. The average molecular weight is 521 g/mol. The molecule has 0 bridgehead atoms. The molecule has 0 aromatic heterocycles. The van der Waals surface area contributed by atoms with E-state index >= 15 is 0 Å². The number of rotatable bonds is 10. The van der Waals surface area contributed by atoms with Crippen molar-refractivity contribution < 1.29 is 18.9 Å². The third-order valence-electron chi connectivity index (χ3n) is 4.68. The zero-order valence-corrected chi connectivity index (χ0v) is 20.4. The van der Waals surface area contributed by atoms with Crippen molar-refractivity contribution in [2.45, 2.75) is 38.8 Å². The fraction of sp³-hybridized carbons (Fsp3) is 0.667. The lowest BCUT2D eigenvalue weighted by molar-refractivity contribution is -0.0318. The standard InChI is InChI=1S/C21H35N3O4.HI/c1-5-22-21(23-11-6-12-28-18-9-13-27-14-10-18)24(2)16-17-7-8-19(25-3)15-20(17)26-4;/h7-8,15,18H,5-6,9-14,16H2,1-4H3,(H,22,23);1H. The summed E-state index contributed by atoms with van der Waals surface area (Å²) in [4.78, 5) is 6.85. The van der Waals surface area contributed by atoms with Crippen LogP contribution in [0.4, 0.5) is 0 Å². The highest BCUT2D eigenvalue weighted by Gasteiger charge is 2.14. The van der Waals surface area contributed by atoms with Crippen LogP contribution in [-0.2, 0) is 16.0 Å². The van der Waals surface area contributed by atoms with Crippen LogP contribution in [0.1, 0.15) is 31.7 Å². The highest BCUT2D eigenvalue weighted by molar-refractivity contribution is 14.0. The Morgan fingerprint density at radius 1 is 1.24 bits per heavy atom. The van der Waals surface area contributed by atoms with Crippen molar-refractivity contribution in [2.24, 2.45) is 4.99 Å². The first-order valence-corrected chi connectivity index (χ1v) is 10.1. The average Bonchev–Trinajstić information content (AvgIpc) is 2.73. The smallest absolute Gasteiger partial charge is 0.193 e. The minimum Gasteiger partial charge on any atom is -0.497 e. The molecule has 0 atom stereocenters. The number of methoxy groups -OCH3 is 2. The lowest BCUT2D eigenvalue weighted by atomic mass is 10.1. The predicted molar refractivity (Wildman–Crippen MR) is 127 cm³/mol. The van der Waals surface area contributed by atoms with Crippen LogP contribution in [0.5, 0.6) is 11.5 Å². The van der Waals surface area contributed by atoms with E-state index in [2.05, 4.69) is 17.1 Å². The number of halogens is 1. The number of nitrogens with zero attached hydrogens (tertiary/aromatic N) is 2. The molecule has 29 heavy (non-hydrogen) atoms. The van der Waals surface area contributed by atoms with Gasteiger partial charge in [-0.3, -0.25) is 4.99 Å². The zero-order chi connectivity index (χ0) is 20.2. The highest BCUT2D eigenvalue weighted by atomic mass is 127. The van der Waals surface area contributed by atoms with Gasteiger partial charge in [-0.25, -0.2) is 0 Å². The van der Waals surface area contributed by atoms with E-state index in [-0.39, 0.29) is 24.0 Å². The first kappa shape index (κ1) is 25.8. The Morgan fingerprint density at radius 3 is 2.66 bits per heavy atom. The Kier molecular flexibility index (Phi) is 13.0. The molecule has 0 spiro atoms. The predicted octanol–water partition coefficient (Wildman–Crippen LogP) is 3.30. The van der Waals surface area contributed by atoms with Gasteiger partial charge in [-0.2, -0.15) is 0 Å². The van der Waals surface area contributed by atoms with Gasteiger partial charge in [0.15, 0.2) is 5.96 Å². The molecule has 1 N–H and O–H groups in total. The van der Waals surface area contributed by atoms with E-state index in [9.17, 15) is 0 Å². The van der Waals surface area contributed by atoms with Gasteiger partial charge < -0.3 is 29.2 Å². The summed E-state index contributed by atoms with van der Waals surface area (Å²) in [7, 11) is 5.36. The second-order valence-electron chi connectivity index (χ2n) is 6.81. The summed E-state index contributed by atoms with van der Waals surface area (Å²) in [5.41, 5.74) is 1.08. The molecule has 1 saturated heterocycles. The van der Waals surface area contributed by atoms with E-state index in [0.29, 0.717) is 12.6 Å². The van der Waals surface area contributed by atoms with Gasteiger partial charge >= 0.3 is 0 Å². The van der Waals surface area contributed by atoms with Crippen molar-refractivity contribution in [3.63, 3.8) is 0 Å². The maximum Gasteiger partial charge on any atom is 0.193 e. The van der Waals surface area contributed by atoms with E-state index in [1.807, 2.05) is 25.2 Å². The van der Waals surface area contributed by atoms with Gasteiger partial charge in [-0.15, -0.1) is 24.0 Å². The van der Waals surface area contributed by atoms with Crippen molar-refractivity contribution in [1.82, 2.24) is 10.2 Å². The largest absolute Gasteiger partial charge is 0.497 e. The summed E-state index contributed by atoms with van der Waals surface area (Å²) >= 11 is 0. The maximum atomic E-state index is 5.92. The van der Waals surface area contributed by atoms with E-state index < -0.39 is 0 Å². The van der Waals surface area contributed by atoms with Crippen LogP contribution in [0, 0.1) is 0 Å². The monoisotopic (exact) mass is 521 g/mol. The van der Waals surface area contributed by atoms with Crippen molar-refractivity contribution in [3.05, 3.63) is 23.8 Å². The molecule has 0 aliphatic carbocycles. The molecule has 8 heteroatoms. The van der Waals surface area contributed by atoms with Crippen LogP contribution in [-0.4, -0.2) is 71.1 Å². The number of benzene rings is 1. The lowest BCUT2D eigenvalue weighted by Gasteiger charge is -2.24. The number of ether oxygens (including phenoxy) is 4. The van der Waals surface area contributed by atoms with Crippen LogP contribution < -0.4 is 14.8 Å². The van der Waals surface area contributed by atoms with Crippen molar-refractivity contribution >= 4 is 29.9 Å². The fourth-order valence-corrected chi connectivity index (χ4v) is 3.12. The molecule has 1 aromatic carbocycles. The fourth-order valence-electron chi connectivity index (χ4n) is 3.12. The molecule has 166 valence electrons. The molecule has 2 rings (SSSR count). The zero-order valence-electron chi connectivity index (χ0n) is 18.1. The van der Waals surface area contributed by atoms with E-state index in [0.717, 1.165) is 75.2 Å². The summed E-state index contributed by atoms with van der Waals surface area (Å²) in [6, 6.07) is 5.88. The van der Waals surface area contributed by atoms with E-state index in [1.54, 1.807) is 14.2 Å². The van der Waals surface area contributed by atoms with Crippen LogP contribution in [0.15, 0.2) is 23.2 Å². The van der Waals surface area contributed by atoms with Gasteiger partial charge in [0.05, 0.1) is 20.3 Å². The van der Waals surface area contributed by atoms with Crippen LogP contribution in [0.3, 0.4) is 0 Å². The van der Waals surface area contributed by atoms with Crippen LogP contribution in [0.2, 0.25) is 0 Å². The van der Waals surface area contributed by atoms with Crippen molar-refractivity contribution in [2.75, 3.05) is 54.2 Å². The van der Waals surface area contributed by atoms with Crippen LogP contribution in [0.25, 0.3) is 0 Å². The molecule has 1 aliphatic heterocycles.